The summed E-state index contributed by atoms with van der Waals surface area (Å²) >= 11 is 1.81. The molecule has 0 aromatic carbocycles. The Balaban J connectivity index is 1.45. The molecule has 3 rings (SSSR count). The minimum absolute atomic E-state index is 0.120. The zero-order chi connectivity index (χ0) is 21.2. The Bertz CT molecular complexity index is 787. The Morgan fingerprint density at radius 3 is 2.70 bits per heavy atom. The number of nitrogens with one attached hydrogen (secondary N) is 3. The molecule has 3 N–H and O–H groups in total. The van der Waals surface area contributed by atoms with E-state index in [1.165, 1.54) is 17.7 Å². The van der Waals surface area contributed by atoms with Gasteiger partial charge in [-0.15, -0.1) is 11.3 Å². The van der Waals surface area contributed by atoms with Crippen molar-refractivity contribution in [3.8, 4) is 0 Å². The van der Waals surface area contributed by atoms with Gasteiger partial charge in [-0.05, 0) is 55.4 Å². The van der Waals surface area contributed by atoms with E-state index in [0.29, 0.717) is 24.7 Å². The van der Waals surface area contributed by atoms with Crippen molar-refractivity contribution in [3.63, 3.8) is 0 Å². The Morgan fingerprint density at radius 2 is 2.03 bits per heavy atom. The third-order valence-corrected chi connectivity index (χ3v) is 6.42. The molecule has 0 spiro atoms. The van der Waals surface area contributed by atoms with Crippen LogP contribution in [0.5, 0.6) is 0 Å². The molecule has 0 radical (unpaired) electrons. The first-order chi connectivity index (χ1) is 14.7. The maximum atomic E-state index is 12.1. The van der Waals surface area contributed by atoms with Crippen molar-refractivity contribution in [2.24, 2.45) is 10.9 Å². The van der Waals surface area contributed by atoms with Gasteiger partial charge in [0.1, 0.15) is 0 Å². The summed E-state index contributed by atoms with van der Waals surface area (Å²) in [5.41, 5.74) is 0.564. The molecule has 1 aliphatic rings. The van der Waals surface area contributed by atoms with Crippen LogP contribution in [0.15, 0.2) is 47.0 Å². The van der Waals surface area contributed by atoms with Gasteiger partial charge in [0.25, 0.3) is 5.91 Å². The summed E-state index contributed by atoms with van der Waals surface area (Å²) in [5.74, 6) is 1.44. The molecule has 1 unspecified atom stereocenters. The van der Waals surface area contributed by atoms with Gasteiger partial charge >= 0.3 is 0 Å². The number of carbonyl (C=O) groups is 1. The molecule has 30 heavy (non-hydrogen) atoms. The summed E-state index contributed by atoms with van der Waals surface area (Å²) in [4.78, 5) is 24.3. The monoisotopic (exact) mass is 428 g/mol. The van der Waals surface area contributed by atoms with E-state index >= 15 is 0 Å². The van der Waals surface area contributed by atoms with Crippen molar-refractivity contribution in [1.82, 2.24) is 25.8 Å². The van der Waals surface area contributed by atoms with Crippen LogP contribution in [-0.2, 0) is 0 Å². The molecule has 1 amide bonds. The SMILES string of the molecule is CN=C(NCCNC(=O)c1cccnc1)NCC(c1cccs1)N1CCC(C)CC1. The number of pyridine rings is 1. The fraction of sp³-hybridized carbons (Fsp3) is 0.500. The molecule has 0 saturated carbocycles. The second kappa shape index (κ2) is 11.7. The second-order valence-electron chi connectivity index (χ2n) is 7.63. The number of hydrogen-bond acceptors (Lipinski definition) is 5. The third-order valence-electron chi connectivity index (χ3n) is 5.44. The number of rotatable bonds is 8. The first kappa shape index (κ1) is 22.2. The number of carbonyl (C=O) groups excluding carboxylic acids is 1. The molecule has 0 bridgehead atoms. The van der Waals surface area contributed by atoms with Crippen LogP contribution in [0.4, 0.5) is 0 Å². The van der Waals surface area contributed by atoms with Crippen LogP contribution in [-0.4, -0.2) is 61.5 Å². The molecule has 8 heteroatoms. The Morgan fingerprint density at radius 1 is 1.23 bits per heavy atom. The van der Waals surface area contributed by atoms with Gasteiger partial charge in [0, 0.05) is 44.0 Å². The zero-order valence-electron chi connectivity index (χ0n) is 17.8. The number of likely N-dealkylation sites (tertiary alicyclic amines) is 1. The molecule has 1 aliphatic heterocycles. The Hall–Kier alpha value is -2.45. The quantitative estimate of drug-likeness (QED) is 0.342. The predicted octanol–water partition coefficient (Wildman–Crippen LogP) is 2.51. The zero-order valence-corrected chi connectivity index (χ0v) is 18.6. The lowest BCUT2D eigenvalue weighted by molar-refractivity contribution is 0.0954. The summed E-state index contributed by atoms with van der Waals surface area (Å²) in [5, 5.41) is 11.8. The number of aromatic nitrogens is 1. The van der Waals surface area contributed by atoms with E-state index in [1.54, 1.807) is 31.6 Å². The summed E-state index contributed by atoms with van der Waals surface area (Å²) in [7, 11) is 1.77. The van der Waals surface area contributed by atoms with Gasteiger partial charge in [0.05, 0.1) is 11.6 Å². The normalized spacial score (nSPS) is 16.8. The largest absolute Gasteiger partial charge is 0.355 e. The molecule has 1 fully saturated rings. The van der Waals surface area contributed by atoms with Gasteiger partial charge in [-0.2, -0.15) is 0 Å². The summed E-state index contributed by atoms with van der Waals surface area (Å²) in [6.45, 7) is 6.52. The van der Waals surface area contributed by atoms with Gasteiger partial charge in [-0.3, -0.25) is 19.7 Å². The molecular weight excluding hydrogens is 396 g/mol. The fourth-order valence-corrected chi connectivity index (χ4v) is 4.46. The van der Waals surface area contributed by atoms with Gasteiger partial charge in [0.2, 0.25) is 0 Å². The van der Waals surface area contributed by atoms with E-state index in [9.17, 15) is 4.79 Å². The third kappa shape index (κ3) is 6.53. The average Bonchev–Trinajstić information content (AvgIpc) is 3.31. The van der Waals surface area contributed by atoms with Crippen LogP contribution in [0.2, 0.25) is 0 Å². The maximum Gasteiger partial charge on any atom is 0.252 e. The Kier molecular flexibility index (Phi) is 8.65. The minimum atomic E-state index is -0.120. The number of nitrogens with zero attached hydrogens (tertiary/aromatic N) is 3. The number of hydrogen-bond donors (Lipinski definition) is 3. The molecule has 7 nitrogen and oxygen atoms in total. The van der Waals surface area contributed by atoms with E-state index in [0.717, 1.165) is 31.5 Å². The van der Waals surface area contributed by atoms with Crippen molar-refractivity contribution in [2.45, 2.75) is 25.8 Å². The van der Waals surface area contributed by atoms with Crippen LogP contribution in [0.1, 0.15) is 41.0 Å². The van der Waals surface area contributed by atoms with Crippen LogP contribution in [0, 0.1) is 5.92 Å². The number of guanidine groups is 1. The predicted molar refractivity (Wildman–Crippen MR) is 123 cm³/mol. The van der Waals surface area contributed by atoms with Crippen LogP contribution in [0.25, 0.3) is 0 Å². The van der Waals surface area contributed by atoms with E-state index in [1.807, 2.05) is 11.3 Å². The maximum absolute atomic E-state index is 12.1. The number of thiophene rings is 1. The fourth-order valence-electron chi connectivity index (χ4n) is 3.60. The molecule has 2 aromatic heterocycles. The highest BCUT2D eigenvalue weighted by atomic mass is 32.1. The molecular formula is C22H32N6OS. The van der Waals surface area contributed by atoms with Crippen LogP contribution in [0.3, 0.4) is 0 Å². The molecule has 2 aromatic rings. The molecule has 3 heterocycles. The van der Waals surface area contributed by atoms with E-state index < -0.39 is 0 Å². The van der Waals surface area contributed by atoms with Gasteiger partial charge < -0.3 is 16.0 Å². The topological polar surface area (TPSA) is 81.6 Å². The highest BCUT2D eigenvalue weighted by Gasteiger charge is 2.25. The van der Waals surface area contributed by atoms with Crippen molar-refractivity contribution in [1.29, 1.82) is 0 Å². The molecule has 1 atom stereocenters. The smallest absolute Gasteiger partial charge is 0.252 e. The van der Waals surface area contributed by atoms with Crippen LogP contribution >= 0.6 is 11.3 Å². The number of aliphatic imine (C=N–C) groups is 1. The highest BCUT2D eigenvalue weighted by molar-refractivity contribution is 7.10. The van der Waals surface area contributed by atoms with Gasteiger partial charge in [-0.1, -0.05) is 13.0 Å². The second-order valence-corrected chi connectivity index (χ2v) is 8.61. The van der Waals surface area contributed by atoms with Crippen molar-refractivity contribution >= 4 is 23.2 Å². The van der Waals surface area contributed by atoms with Crippen molar-refractivity contribution < 1.29 is 4.79 Å². The standard InChI is InChI=1S/C22H32N6OS/c1-17-7-12-28(13-8-17)19(20-6-4-14-30-20)16-27-22(23-2)26-11-10-25-21(29)18-5-3-9-24-15-18/h3-6,9,14-15,17,19H,7-8,10-13,16H2,1-2H3,(H,25,29)(H2,23,26,27). The first-order valence-corrected chi connectivity index (χ1v) is 11.5. The average molecular weight is 429 g/mol. The summed E-state index contributed by atoms with van der Waals surface area (Å²) < 4.78 is 0. The first-order valence-electron chi connectivity index (χ1n) is 10.6. The Labute approximate surface area is 183 Å². The minimum Gasteiger partial charge on any atom is -0.355 e. The molecule has 1 saturated heterocycles. The van der Waals surface area contributed by atoms with E-state index in [4.69, 9.17) is 0 Å². The number of amides is 1. The summed E-state index contributed by atoms with van der Waals surface area (Å²) in [6.07, 6.45) is 5.73. The summed E-state index contributed by atoms with van der Waals surface area (Å²) in [6, 6.07) is 8.20. The van der Waals surface area contributed by atoms with Crippen molar-refractivity contribution in [3.05, 3.63) is 52.5 Å². The highest BCUT2D eigenvalue weighted by Crippen LogP contribution is 2.28. The van der Waals surface area contributed by atoms with Gasteiger partial charge in [-0.25, -0.2) is 0 Å². The van der Waals surface area contributed by atoms with Gasteiger partial charge in [0.15, 0.2) is 5.96 Å². The van der Waals surface area contributed by atoms with Crippen LogP contribution < -0.4 is 16.0 Å². The van der Waals surface area contributed by atoms with Crippen molar-refractivity contribution in [2.75, 3.05) is 39.8 Å². The lowest BCUT2D eigenvalue weighted by Crippen LogP contribution is -2.46. The number of piperidine rings is 1. The van der Waals surface area contributed by atoms with E-state index in [-0.39, 0.29) is 5.91 Å². The molecule has 0 aliphatic carbocycles. The lowest BCUT2D eigenvalue weighted by atomic mass is 9.97. The lowest BCUT2D eigenvalue weighted by Gasteiger charge is -2.36. The van der Waals surface area contributed by atoms with E-state index in [2.05, 4.69) is 55.3 Å². The molecule has 162 valence electrons.